The van der Waals surface area contributed by atoms with Gasteiger partial charge in [0, 0.05) is 35.9 Å². The van der Waals surface area contributed by atoms with Crippen LogP contribution in [0.4, 0.5) is 5.69 Å². The Morgan fingerprint density at radius 3 is 1.22 bits per heavy atom. The molecule has 0 spiro atoms. The van der Waals surface area contributed by atoms with Crippen LogP contribution in [-0.4, -0.2) is 21.4 Å². The van der Waals surface area contributed by atoms with Gasteiger partial charge in [-0.3, -0.25) is 20.8 Å². The van der Waals surface area contributed by atoms with Crippen LogP contribution in [-0.2, 0) is 0 Å². The van der Waals surface area contributed by atoms with Gasteiger partial charge in [0.05, 0.1) is 11.4 Å². The van der Waals surface area contributed by atoms with E-state index in [4.69, 9.17) is 5.10 Å². The van der Waals surface area contributed by atoms with Gasteiger partial charge >= 0.3 is 0 Å². The molecule has 8 rings (SSSR count). The lowest BCUT2D eigenvalue weighted by atomic mass is 9.86. The summed E-state index contributed by atoms with van der Waals surface area (Å²) in [4.78, 5) is 8.49. The number of nitrogens with zero attached hydrogens (tertiary/aromatic N) is 3. The molecule has 0 fully saturated rings. The van der Waals surface area contributed by atoms with Gasteiger partial charge in [0.2, 0.25) is 0 Å². The third-order valence-electron chi connectivity index (χ3n) is 9.07. The predicted molar refractivity (Wildman–Crippen MR) is 211 cm³/mol. The first-order valence-corrected chi connectivity index (χ1v) is 16.8. The molecule has 0 bridgehead atoms. The Morgan fingerprint density at radius 1 is 0.392 bits per heavy atom. The van der Waals surface area contributed by atoms with Crippen molar-refractivity contribution in [3.63, 3.8) is 0 Å². The molecule has 0 aliphatic heterocycles. The van der Waals surface area contributed by atoms with E-state index < -0.39 is 0 Å². The first-order chi connectivity index (χ1) is 25.2. The molecule has 1 aliphatic rings. The number of hydrogen-bond donors (Lipinski definition) is 2. The van der Waals surface area contributed by atoms with Crippen molar-refractivity contribution in [2.24, 2.45) is 5.10 Å². The van der Waals surface area contributed by atoms with E-state index in [2.05, 4.69) is 131 Å². The number of nitrogens with one attached hydrogen (secondary N) is 2. The minimum atomic E-state index is 0.361. The highest BCUT2D eigenvalue weighted by atomic mass is 15.3. The van der Waals surface area contributed by atoms with Gasteiger partial charge in [0.1, 0.15) is 5.71 Å². The minimum Gasteiger partial charge on any atom is -0.298 e. The molecule has 2 aromatic heterocycles. The summed E-state index contributed by atoms with van der Waals surface area (Å²) in [6.07, 6.45) is 11.4. The van der Waals surface area contributed by atoms with Crippen LogP contribution in [0.1, 0.15) is 11.1 Å². The molecule has 0 unspecified atom stereocenters. The Hall–Kier alpha value is -6.98. The molecule has 51 heavy (non-hydrogen) atoms. The fraction of sp³-hybridized carbons (Fsp3) is 0. The van der Waals surface area contributed by atoms with E-state index in [1.165, 1.54) is 0 Å². The number of benzene rings is 5. The number of aromatic nitrogens is 2. The third kappa shape index (κ3) is 6.82. The summed E-state index contributed by atoms with van der Waals surface area (Å²) in [6.45, 7) is 0. The molecule has 2 heterocycles. The van der Waals surface area contributed by atoms with Gasteiger partial charge in [-0.15, -0.1) is 0 Å². The van der Waals surface area contributed by atoms with E-state index in [0.29, 0.717) is 11.4 Å². The standard InChI is InChI=1S/C46H33N5/c47-45-43(38-22-18-34(19-23-38)32-10-14-36(15-11-32)40-6-4-28-48-30-40)26-27-44(46(45)51-50-42-8-2-1-3-9-42)39-24-20-35(21-25-39)33-12-16-37(17-13-33)41-7-5-29-49-31-41/h1-31,47,50H/b47-45?,51-46-. The fourth-order valence-electron chi connectivity index (χ4n) is 6.28. The number of hydrogen-bond acceptors (Lipinski definition) is 5. The molecule has 0 atom stereocenters. The lowest BCUT2D eigenvalue weighted by Gasteiger charge is -2.20. The Bertz CT molecular complexity index is 2380. The number of rotatable bonds is 8. The number of hydrazone groups is 1. The van der Waals surface area contributed by atoms with Crippen molar-refractivity contribution in [1.29, 1.82) is 5.41 Å². The van der Waals surface area contributed by atoms with Gasteiger partial charge in [-0.2, -0.15) is 5.10 Å². The van der Waals surface area contributed by atoms with Crippen LogP contribution in [0, 0.1) is 5.41 Å². The molecule has 5 aromatic carbocycles. The molecular weight excluding hydrogens is 623 g/mol. The summed E-state index contributed by atoms with van der Waals surface area (Å²) in [5.41, 5.74) is 17.6. The summed E-state index contributed by atoms with van der Waals surface area (Å²) in [5.74, 6) is 0. The zero-order chi connectivity index (χ0) is 34.4. The Morgan fingerprint density at radius 2 is 0.784 bits per heavy atom. The van der Waals surface area contributed by atoms with E-state index >= 15 is 0 Å². The van der Waals surface area contributed by atoms with Crippen LogP contribution < -0.4 is 5.43 Å². The van der Waals surface area contributed by atoms with Crippen LogP contribution in [0.15, 0.2) is 194 Å². The van der Waals surface area contributed by atoms with Crippen LogP contribution in [0.2, 0.25) is 0 Å². The maximum atomic E-state index is 9.39. The van der Waals surface area contributed by atoms with Crippen molar-refractivity contribution >= 4 is 28.3 Å². The van der Waals surface area contributed by atoms with Gasteiger partial charge in [-0.05, 0) is 79.9 Å². The second-order valence-electron chi connectivity index (χ2n) is 12.3. The first-order valence-electron chi connectivity index (χ1n) is 16.8. The number of allylic oxidation sites excluding steroid dienone is 4. The Kier molecular flexibility index (Phi) is 8.74. The molecule has 0 radical (unpaired) electrons. The highest BCUT2D eigenvalue weighted by Gasteiger charge is 2.23. The second kappa shape index (κ2) is 14.2. The molecular formula is C46H33N5. The average Bonchev–Trinajstić information content (AvgIpc) is 3.22. The van der Waals surface area contributed by atoms with Crippen molar-refractivity contribution in [3.05, 3.63) is 200 Å². The molecule has 5 heteroatoms. The third-order valence-corrected chi connectivity index (χ3v) is 9.07. The van der Waals surface area contributed by atoms with Crippen molar-refractivity contribution < 1.29 is 0 Å². The number of para-hydroxylation sites is 1. The monoisotopic (exact) mass is 655 g/mol. The Labute approximate surface area is 297 Å². The summed E-state index contributed by atoms with van der Waals surface area (Å²) in [6, 6.07) is 51.8. The molecule has 1 aliphatic carbocycles. The average molecular weight is 656 g/mol. The van der Waals surface area contributed by atoms with E-state index in [1.54, 1.807) is 12.4 Å². The van der Waals surface area contributed by atoms with E-state index in [9.17, 15) is 5.41 Å². The number of pyridine rings is 2. The second-order valence-corrected chi connectivity index (χ2v) is 12.3. The largest absolute Gasteiger partial charge is 0.298 e. The van der Waals surface area contributed by atoms with E-state index in [-0.39, 0.29) is 0 Å². The topological polar surface area (TPSA) is 74.0 Å². The molecule has 242 valence electrons. The zero-order valence-corrected chi connectivity index (χ0v) is 27.7. The molecule has 0 saturated carbocycles. The highest BCUT2D eigenvalue weighted by Crippen LogP contribution is 2.32. The van der Waals surface area contributed by atoms with Crippen LogP contribution >= 0.6 is 0 Å². The smallest absolute Gasteiger partial charge is 0.117 e. The van der Waals surface area contributed by atoms with Gasteiger partial charge in [0.15, 0.2) is 0 Å². The van der Waals surface area contributed by atoms with Crippen molar-refractivity contribution in [1.82, 2.24) is 9.97 Å². The lowest BCUT2D eigenvalue weighted by Crippen LogP contribution is -2.21. The minimum absolute atomic E-state index is 0.361. The maximum Gasteiger partial charge on any atom is 0.117 e. The summed E-state index contributed by atoms with van der Waals surface area (Å²) >= 11 is 0. The molecule has 5 nitrogen and oxygen atoms in total. The summed E-state index contributed by atoms with van der Waals surface area (Å²) < 4.78 is 0. The quantitative estimate of drug-likeness (QED) is 0.126. The van der Waals surface area contributed by atoms with Gasteiger partial charge in [-0.25, -0.2) is 0 Å². The normalized spacial score (nSPS) is 13.4. The van der Waals surface area contributed by atoms with Crippen molar-refractivity contribution in [3.8, 4) is 44.5 Å². The van der Waals surface area contributed by atoms with Gasteiger partial charge in [-0.1, -0.05) is 140 Å². The predicted octanol–water partition coefficient (Wildman–Crippen LogP) is 11.1. The Balaban J connectivity index is 1.07. The van der Waals surface area contributed by atoms with Gasteiger partial charge < -0.3 is 0 Å². The first kappa shape index (κ1) is 31.3. The highest BCUT2D eigenvalue weighted by molar-refractivity contribution is 6.69. The molecule has 0 saturated heterocycles. The lowest BCUT2D eigenvalue weighted by molar-refractivity contribution is 1.33. The summed E-state index contributed by atoms with van der Waals surface area (Å²) in [7, 11) is 0. The maximum absolute atomic E-state index is 9.39. The van der Waals surface area contributed by atoms with Gasteiger partial charge in [0.25, 0.3) is 0 Å². The van der Waals surface area contributed by atoms with E-state index in [1.807, 2.05) is 60.9 Å². The molecule has 2 N–H and O–H groups in total. The van der Waals surface area contributed by atoms with Crippen molar-refractivity contribution in [2.75, 3.05) is 5.43 Å². The van der Waals surface area contributed by atoms with Crippen LogP contribution in [0.5, 0.6) is 0 Å². The SMILES string of the molecule is N=C1C(c2ccc(-c3ccc(-c4cccnc4)cc3)cc2)=CC=C(c2ccc(-c3ccc(-c4cccnc4)cc3)cc2)/C1=N/Nc1ccccc1. The fourth-order valence-corrected chi connectivity index (χ4v) is 6.28. The molecule has 0 amide bonds. The van der Waals surface area contributed by atoms with Crippen LogP contribution in [0.3, 0.4) is 0 Å². The molecule has 7 aromatic rings. The van der Waals surface area contributed by atoms with E-state index in [0.717, 1.165) is 72.5 Å². The summed E-state index contributed by atoms with van der Waals surface area (Å²) in [5, 5.41) is 14.2. The number of anilines is 1. The van der Waals surface area contributed by atoms with Crippen LogP contribution in [0.25, 0.3) is 55.7 Å². The van der Waals surface area contributed by atoms with Crippen molar-refractivity contribution in [2.45, 2.75) is 0 Å². The zero-order valence-electron chi connectivity index (χ0n) is 27.7.